The second-order valence-electron chi connectivity index (χ2n) is 9.09. The van der Waals surface area contributed by atoms with E-state index in [-0.39, 0.29) is 29.7 Å². The molecule has 5 nitrogen and oxygen atoms in total. The molecule has 0 aliphatic carbocycles. The molecule has 1 N–H and O–H groups in total. The predicted octanol–water partition coefficient (Wildman–Crippen LogP) is 5.50. The number of benzene rings is 2. The van der Waals surface area contributed by atoms with Crippen molar-refractivity contribution in [3.05, 3.63) is 71.3 Å². The Morgan fingerprint density at radius 2 is 1.70 bits per heavy atom. The summed E-state index contributed by atoms with van der Waals surface area (Å²) in [6.45, 7) is 7.82. The fraction of sp³-hybridized carbons (Fsp3) is 0.440. The van der Waals surface area contributed by atoms with Crippen LogP contribution in [0, 0.1) is 0 Å². The van der Waals surface area contributed by atoms with Crippen LogP contribution in [0.15, 0.2) is 54.6 Å². The minimum Gasteiger partial charge on any atom is -0.478 e. The van der Waals surface area contributed by atoms with E-state index in [1.165, 1.54) is 5.56 Å². The normalized spacial score (nSPS) is 20.1. The van der Waals surface area contributed by atoms with Crippen molar-refractivity contribution in [1.29, 1.82) is 0 Å². The molecule has 1 amide bonds. The number of nitrogens with zero attached hydrogens (tertiary/aromatic N) is 1. The summed E-state index contributed by atoms with van der Waals surface area (Å²) in [5.41, 5.74) is 1.94. The summed E-state index contributed by atoms with van der Waals surface area (Å²) in [6.07, 6.45) is 2.20. The first-order valence-corrected chi connectivity index (χ1v) is 10.5. The molecule has 3 rings (SSSR count). The van der Waals surface area contributed by atoms with Gasteiger partial charge in [-0.1, -0.05) is 49.4 Å². The summed E-state index contributed by atoms with van der Waals surface area (Å²) in [4.78, 5) is 26.2. The number of hydrogen-bond acceptors (Lipinski definition) is 3. The molecule has 0 radical (unpaired) electrons. The number of likely N-dealkylation sites (tertiary alicyclic amines) is 1. The van der Waals surface area contributed by atoms with Crippen molar-refractivity contribution < 1.29 is 19.4 Å². The first kappa shape index (κ1) is 21.9. The number of carbonyl (C=O) groups is 2. The summed E-state index contributed by atoms with van der Waals surface area (Å²) in [5, 5.41) is 9.12. The van der Waals surface area contributed by atoms with E-state index in [1.54, 1.807) is 12.1 Å². The van der Waals surface area contributed by atoms with Gasteiger partial charge in [0, 0.05) is 18.0 Å². The zero-order valence-electron chi connectivity index (χ0n) is 18.2. The molecule has 30 heavy (non-hydrogen) atoms. The number of carboxylic acid groups (broad SMARTS) is 1. The third-order valence-corrected chi connectivity index (χ3v) is 5.73. The van der Waals surface area contributed by atoms with E-state index in [2.05, 4.69) is 19.1 Å². The topological polar surface area (TPSA) is 66.8 Å². The number of amides is 1. The van der Waals surface area contributed by atoms with E-state index in [0.29, 0.717) is 6.42 Å². The molecular formula is C25H31NO4. The second-order valence-corrected chi connectivity index (χ2v) is 9.09. The van der Waals surface area contributed by atoms with Crippen LogP contribution in [0.3, 0.4) is 0 Å². The molecule has 2 aromatic rings. The Balaban J connectivity index is 1.84. The molecule has 1 aliphatic rings. The van der Waals surface area contributed by atoms with Crippen LogP contribution in [0.5, 0.6) is 0 Å². The van der Waals surface area contributed by atoms with Gasteiger partial charge in [-0.2, -0.15) is 0 Å². The van der Waals surface area contributed by atoms with Gasteiger partial charge in [0.25, 0.3) is 0 Å². The van der Waals surface area contributed by atoms with Crippen molar-refractivity contribution in [3.63, 3.8) is 0 Å². The highest BCUT2D eigenvalue weighted by atomic mass is 16.6. The smallest absolute Gasteiger partial charge is 0.410 e. The zero-order valence-corrected chi connectivity index (χ0v) is 18.2. The highest BCUT2D eigenvalue weighted by Gasteiger charge is 2.41. The van der Waals surface area contributed by atoms with Gasteiger partial charge in [-0.3, -0.25) is 0 Å². The molecule has 1 saturated heterocycles. The summed E-state index contributed by atoms with van der Waals surface area (Å²) < 4.78 is 5.77. The highest BCUT2D eigenvalue weighted by molar-refractivity contribution is 5.87. The van der Waals surface area contributed by atoms with Crippen LogP contribution in [0.25, 0.3) is 0 Å². The van der Waals surface area contributed by atoms with E-state index >= 15 is 0 Å². The largest absolute Gasteiger partial charge is 0.478 e. The van der Waals surface area contributed by atoms with Gasteiger partial charge in [0.1, 0.15) is 5.60 Å². The van der Waals surface area contributed by atoms with Crippen molar-refractivity contribution in [1.82, 2.24) is 4.90 Å². The molecule has 1 fully saturated rings. The Morgan fingerprint density at radius 1 is 1.07 bits per heavy atom. The number of carbonyl (C=O) groups excluding carboxylic acids is 1. The van der Waals surface area contributed by atoms with Crippen LogP contribution in [-0.4, -0.2) is 39.8 Å². The van der Waals surface area contributed by atoms with Crippen molar-refractivity contribution in [3.8, 4) is 0 Å². The van der Waals surface area contributed by atoms with Gasteiger partial charge in [-0.05, 0) is 63.3 Å². The van der Waals surface area contributed by atoms with Gasteiger partial charge < -0.3 is 14.7 Å². The van der Waals surface area contributed by atoms with Crippen molar-refractivity contribution in [2.75, 3.05) is 0 Å². The monoisotopic (exact) mass is 409 g/mol. The third-order valence-electron chi connectivity index (χ3n) is 5.73. The first-order valence-electron chi connectivity index (χ1n) is 10.5. The van der Waals surface area contributed by atoms with Crippen LogP contribution in [0.2, 0.25) is 0 Å². The number of hydrogen-bond donors (Lipinski definition) is 1. The lowest BCUT2D eigenvalue weighted by molar-refractivity contribution is 0.0126. The fourth-order valence-electron chi connectivity index (χ4n) is 4.24. The second kappa shape index (κ2) is 8.90. The lowest BCUT2D eigenvalue weighted by Gasteiger charge is -2.35. The Labute approximate surface area is 178 Å². The number of ether oxygens (including phenoxy) is 1. The maximum atomic E-state index is 13.2. The maximum absolute atomic E-state index is 13.2. The van der Waals surface area contributed by atoms with E-state index in [4.69, 9.17) is 9.84 Å². The SMILES string of the molecule is C[C@H](c1ccccc1)[C@H]1CC[C@@H](Cc2ccc(C(=O)O)cc2)N1C(=O)OC(C)(C)C. The average molecular weight is 410 g/mol. The summed E-state index contributed by atoms with van der Waals surface area (Å²) in [7, 11) is 0. The highest BCUT2D eigenvalue weighted by Crippen LogP contribution is 2.36. The van der Waals surface area contributed by atoms with Gasteiger partial charge in [0.05, 0.1) is 5.56 Å². The molecule has 0 saturated carbocycles. The van der Waals surface area contributed by atoms with E-state index in [0.717, 1.165) is 18.4 Å². The van der Waals surface area contributed by atoms with Gasteiger partial charge in [0.2, 0.25) is 0 Å². The van der Waals surface area contributed by atoms with Crippen molar-refractivity contribution >= 4 is 12.1 Å². The van der Waals surface area contributed by atoms with Gasteiger partial charge >= 0.3 is 12.1 Å². The van der Waals surface area contributed by atoms with E-state index < -0.39 is 11.6 Å². The fourth-order valence-corrected chi connectivity index (χ4v) is 4.24. The molecule has 0 aromatic heterocycles. The summed E-state index contributed by atoms with van der Waals surface area (Å²) in [5.74, 6) is -0.743. The molecule has 0 bridgehead atoms. The molecular weight excluding hydrogens is 378 g/mol. The summed E-state index contributed by atoms with van der Waals surface area (Å²) in [6, 6.07) is 17.3. The minimum absolute atomic E-state index is 0.0201. The third kappa shape index (κ3) is 5.21. The maximum Gasteiger partial charge on any atom is 0.410 e. The molecule has 0 spiro atoms. The number of carboxylic acids is 1. The van der Waals surface area contributed by atoms with Crippen LogP contribution < -0.4 is 0 Å². The molecule has 160 valence electrons. The lowest BCUT2D eigenvalue weighted by Crippen LogP contribution is -2.46. The Kier molecular flexibility index (Phi) is 6.49. The Morgan fingerprint density at radius 3 is 2.27 bits per heavy atom. The van der Waals surface area contributed by atoms with Crippen LogP contribution in [-0.2, 0) is 11.2 Å². The van der Waals surface area contributed by atoms with E-state index in [9.17, 15) is 9.59 Å². The average Bonchev–Trinajstić information content (AvgIpc) is 3.11. The lowest BCUT2D eigenvalue weighted by atomic mass is 9.92. The molecule has 1 heterocycles. The zero-order chi connectivity index (χ0) is 21.9. The number of rotatable bonds is 5. The Bertz CT molecular complexity index is 870. The minimum atomic E-state index is -0.936. The van der Waals surface area contributed by atoms with Gasteiger partial charge in [0.15, 0.2) is 0 Å². The van der Waals surface area contributed by atoms with Crippen molar-refractivity contribution in [2.45, 2.75) is 70.6 Å². The van der Waals surface area contributed by atoms with Crippen LogP contribution >= 0.6 is 0 Å². The quantitative estimate of drug-likeness (QED) is 0.708. The molecule has 1 aliphatic heterocycles. The molecule has 5 heteroatoms. The van der Waals surface area contributed by atoms with Crippen molar-refractivity contribution in [2.24, 2.45) is 0 Å². The first-order chi connectivity index (χ1) is 14.2. The van der Waals surface area contributed by atoms with E-state index in [1.807, 2.05) is 56.0 Å². The molecule has 0 unspecified atom stereocenters. The standard InChI is InChI=1S/C25H31NO4/c1-17(19-8-6-5-7-9-19)22-15-14-21(26(22)24(29)30-25(2,3)4)16-18-10-12-20(13-11-18)23(27)28/h5-13,17,21-22H,14-16H2,1-4H3,(H,27,28)/t17-,21+,22-/m1/s1. The molecule has 2 aromatic carbocycles. The van der Waals surface area contributed by atoms with Crippen LogP contribution in [0.1, 0.15) is 67.9 Å². The molecule has 3 atom stereocenters. The number of aromatic carboxylic acids is 1. The predicted molar refractivity (Wildman–Crippen MR) is 117 cm³/mol. The summed E-state index contributed by atoms with van der Waals surface area (Å²) >= 11 is 0. The van der Waals surface area contributed by atoms with Gasteiger partial charge in [-0.15, -0.1) is 0 Å². The Hall–Kier alpha value is -2.82. The van der Waals surface area contributed by atoms with Gasteiger partial charge in [-0.25, -0.2) is 9.59 Å². The van der Waals surface area contributed by atoms with Crippen LogP contribution in [0.4, 0.5) is 4.79 Å².